The first-order chi connectivity index (χ1) is 12.6. The SMILES string of the molecule is Cc1ccc(N2CC(C(=O)NCCCOCC3CCCO3)CC2=O)cc1. The van der Waals surface area contributed by atoms with E-state index in [0.29, 0.717) is 26.3 Å². The van der Waals surface area contributed by atoms with Gasteiger partial charge in [0, 0.05) is 38.4 Å². The van der Waals surface area contributed by atoms with E-state index >= 15 is 0 Å². The Kier molecular flexibility index (Phi) is 6.63. The number of carbonyl (C=O) groups excluding carboxylic acids is 2. The van der Waals surface area contributed by atoms with Crippen molar-refractivity contribution in [3.8, 4) is 0 Å². The molecule has 0 bridgehead atoms. The van der Waals surface area contributed by atoms with Crippen LogP contribution in [0.15, 0.2) is 24.3 Å². The van der Waals surface area contributed by atoms with E-state index in [1.54, 1.807) is 4.90 Å². The topological polar surface area (TPSA) is 67.9 Å². The minimum absolute atomic E-state index is 0.00824. The molecule has 0 spiro atoms. The number of anilines is 1. The number of benzene rings is 1. The molecule has 2 fully saturated rings. The molecule has 2 aliphatic rings. The summed E-state index contributed by atoms with van der Waals surface area (Å²) in [6, 6.07) is 7.82. The molecule has 0 saturated carbocycles. The van der Waals surface area contributed by atoms with Gasteiger partial charge in [-0.3, -0.25) is 9.59 Å². The van der Waals surface area contributed by atoms with E-state index in [1.807, 2.05) is 31.2 Å². The first kappa shape index (κ1) is 18.9. The van der Waals surface area contributed by atoms with Crippen molar-refractivity contribution >= 4 is 17.5 Å². The zero-order chi connectivity index (χ0) is 18.4. The highest BCUT2D eigenvalue weighted by Gasteiger charge is 2.34. The Morgan fingerprint density at radius 1 is 1.35 bits per heavy atom. The number of aryl methyl sites for hydroxylation is 1. The van der Waals surface area contributed by atoms with E-state index in [9.17, 15) is 9.59 Å². The molecule has 2 aliphatic heterocycles. The summed E-state index contributed by atoms with van der Waals surface area (Å²) in [5, 5.41) is 2.93. The van der Waals surface area contributed by atoms with Crippen molar-refractivity contribution in [1.82, 2.24) is 5.32 Å². The van der Waals surface area contributed by atoms with Crippen molar-refractivity contribution in [3.63, 3.8) is 0 Å². The number of ether oxygens (including phenoxy) is 2. The van der Waals surface area contributed by atoms with Crippen molar-refractivity contribution in [3.05, 3.63) is 29.8 Å². The van der Waals surface area contributed by atoms with E-state index in [0.717, 1.165) is 37.1 Å². The molecule has 3 rings (SSSR count). The van der Waals surface area contributed by atoms with Crippen LogP contribution in [0.5, 0.6) is 0 Å². The first-order valence-corrected chi connectivity index (χ1v) is 9.47. The second-order valence-electron chi connectivity index (χ2n) is 7.10. The van der Waals surface area contributed by atoms with Crippen LogP contribution in [0.3, 0.4) is 0 Å². The number of nitrogens with one attached hydrogen (secondary N) is 1. The Bertz CT molecular complexity index is 611. The summed E-state index contributed by atoms with van der Waals surface area (Å²) in [7, 11) is 0. The molecule has 2 amide bonds. The summed E-state index contributed by atoms with van der Waals surface area (Å²) in [6.45, 7) is 5.11. The molecule has 1 aromatic carbocycles. The Morgan fingerprint density at radius 3 is 2.88 bits per heavy atom. The van der Waals surface area contributed by atoms with E-state index in [2.05, 4.69) is 5.32 Å². The third kappa shape index (κ3) is 5.05. The van der Waals surface area contributed by atoms with Crippen LogP contribution in [-0.4, -0.2) is 50.8 Å². The second-order valence-corrected chi connectivity index (χ2v) is 7.10. The minimum Gasteiger partial charge on any atom is -0.379 e. The molecule has 2 atom stereocenters. The molecule has 1 N–H and O–H groups in total. The van der Waals surface area contributed by atoms with Crippen LogP contribution in [0, 0.1) is 12.8 Å². The monoisotopic (exact) mass is 360 g/mol. The average Bonchev–Trinajstić information content (AvgIpc) is 3.28. The van der Waals surface area contributed by atoms with E-state index in [-0.39, 0.29) is 30.3 Å². The summed E-state index contributed by atoms with van der Waals surface area (Å²) in [6.07, 6.45) is 3.46. The maximum absolute atomic E-state index is 12.3. The molecule has 1 aromatic rings. The number of amides is 2. The van der Waals surface area contributed by atoms with Gasteiger partial charge in [-0.15, -0.1) is 0 Å². The lowest BCUT2D eigenvalue weighted by Gasteiger charge is -2.17. The summed E-state index contributed by atoms with van der Waals surface area (Å²) in [4.78, 5) is 26.2. The molecule has 2 saturated heterocycles. The molecule has 0 aliphatic carbocycles. The molecular weight excluding hydrogens is 332 g/mol. The molecule has 26 heavy (non-hydrogen) atoms. The van der Waals surface area contributed by atoms with Crippen LogP contribution < -0.4 is 10.2 Å². The smallest absolute Gasteiger partial charge is 0.227 e. The minimum atomic E-state index is -0.281. The standard InChI is InChI=1S/C20H28N2O4/c1-15-5-7-17(8-6-15)22-13-16(12-19(22)23)20(24)21-9-3-10-25-14-18-4-2-11-26-18/h5-8,16,18H,2-4,9-14H2,1H3,(H,21,24). The van der Waals surface area contributed by atoms with Gasteiger partial charge in [0.05, 0.1) is 18.6 Å². The van der Waals surface area contributed by atoms with Gasteiger partial charge < -0.3 is 19.7 Å². The second kappa shape index (κ2) is 9.14. The van der Waals surface area contributed by atoms with E-state index < -0.39 is 0 Å². The normalized spacial score (nSPS) is 22.8. The van der Waals surface area contributed by atoms with E-state index in [1.165, 1.54) is 0 Å². The third-order valence-corrected chi connectivity index (χ3v) is 4.93. The molecule has 142 valence electrons. The predicted octanol–water partition coefficient (Wildman–Crippen LogP) is 2.05. The highest BCUT2D eigenvalue weighted by Crippen LogP contribution is 2.25. The highest BCUT2D eigenvalue weighted by atomic mass is 16.5. The quantitative estimate of drug-likeness (QED) is 0.721. The maximum Gasteiger partial charge on any atom is 0.227 e. The zero-order valence-corrected chi connectivity index (χ0v) is 15.4. The molecule has 6 nitrogen and oxygen atoms in total. The van der Waals surface area contributed by atoms with Gasteiger partial charge in [0.15, 0.2) is 0 Å². The van der Waals surface area contributed by atoms with Crippen LogP contribution in [0.4, 0.5) is 5.69 Å². The van der Waals surface area contributed by atoms with Crippen LogP contribution >= 0.6 is 0 Å². The molecule has 6 heteroatoms. The third-order valence-electron chi connectivity index (χ3n) is 4.93. The summed E-state index contributed by atoms with van der Waals surface area (Å²) in [5.74, 6) is -0.322. The number of nitrogens with zero attached hydrogens (tertiary/aromatic N) is 1. The van der Waals surface area contributed by atoms with Crippen molar-refractivity contribution in [2.45, 2.75) is 38.7 Å². The zero-order valence-electron chi connectivity index (χ0n) is 15.4. The maximum atomic E-state index is 12.3. The van der Waals surface area contributed by atoms with Gasteiger partial charge in [-0.1, -0.05) is 17.7 Å². The number of hydrogen-bond acceptors (Lipinski definition) is 4. The van der Waals surface area contributed by atoms with E-state index in [4.69, 9.17) is 9.47 Å². The summed E-state index contributed by atoms with van der Waals surface area (Å²) in [5.41, 5.74) is 2.01. The lowest BCUT2D eigenvalue weighted by atomic mass is 10.1. The number of hydrogen-bond donors (Lipinski definition) is 1. The molecule has 2 heterocycles. The number of rotatable bonds is 8. The fourth-order valence-electron chi connectivity index (χ4n) is 3.38. The van der Waals surface area contributed by atoms with Gasteiger partial charge in [-0.25, -0.2) is 0 Å². The van der Waals surface area contributed by atoms with Crippen LogP contribution in [0.2, 0.25) is 0 Å². The lowest BCUT2D eigenvalue weighted by Crippen LogP contribution is -2.34. The fraction of sp³-hybridized carbons (Fsp3) is 0.600. The van der Waals surface area contributed by atoms with Gasteiger partial charge in [-0.05, 0) is 38.3 Å². The molecular formula is C20H28N2O4. The molecule has 0 radical (unpaired) electrons. The Labute approximate surface area is 154 Å². The fourth-order valence-corrected chi connectivity index (χ4v) is 3.38. The largest absolute Gasteiger partial charge is 0.379 e. The Morgan fingerprint density at radius 2 is 2.15 bits per heavy atom. The van der Waals surface area contributed by atoms with Crippen molar-refractivity contribution < 1.29 is 19.1 Å². The molecule has 0 aromatic heterocycles. The van der Waals surface area contributed by atoms with Crippen molar-refractivity contribution in [2.75, 3.05) is 37.8 Å². The average molecular weight is 360 g/mol. The lowest BCUT2D eigenvalue weighted by molar-refractivity contribution is -0.126. The van der Waals surface area contributed by atoms with Gasteiger partial charge in [0.1, 0.15) is 0 Å². The predicted molar refractivity (Wildman–Crippen MR) is 99.1 cm³/mol. The Balaban J connectivity index is 1.34. The van der Waals surface area contributed by atoms with Crippen molar-refractivity contribution in [2.24, 2.45) is 5.92 Å². The highest BCUT2D eigenvalue weighted by molar-refractivity contribution is 6.00. The van der Waals surface area contributed by atoms with Gasteiger partial charge in [-0.2, -0.15) is 0 Å². The number of carbonyl (C=O) groups is 2. The van der Waals surface area contributed by atoms with Crippen LogP contribution in [0.1, 0.15) is 31.2 Å². The van der Waals surface area contributed by atoms with Gasteiger partial charge in [0.25, 0.3) is 0 Å². The van der Waals surface area contributed by atoms with Crippen LogP contribution in [-0.2, 0) is 19.1 Å². The van der Waals surface area contributed by atoms with Crippen LogP contribution in [0.25, 0.3) is 0 Å². The van der Waals surface area contributed by atoms with Gasteiger partial charge in [0.2, 0.25) is 11.8 Å². The van der Waals surface area contributed by atoms with Gasteiger partial charge >= 0.3 is 0 Å². The first-order valence-electron chi connectivity index (χ1n) is 9.47. The summed E-state index contributed by atoms with van der Waals surface area (Å²) >= 11 is 0. The Hall–Kier alpha value is -1.92. The summed E-state index contributed by atoms with van der Waals surface area (Å²) < 4.78 is 11.1. The molecule has 2 unspecified atom stereocenters. The van der Waals surface area contributed by atoms with Crippen molar-refractivity contribution in [1.29, 1.82) is 0 Å².